The fourth-order valence-electron chi connectivity index (χ4n) is 6.46. The molecule has 0 aromatic carbocycles. The molecule has 4 atom stereocenters. The zero-order valence-corrected chi connectivity index (χ0v) is 25.8. The lowest BCUT2D eigenvalue weighted by Gasteiger charge is -2.47. The molecular weight excluding hydrogens is 488 g/mol. The third-order valence-corrected chi connectivity index (χ3v) is 8.37. The molecule has 0 saturated carbocycles. The number of rotatable bonds is 2. The first-order chi connectivity index (χ1) is 16.8. The van der Waals surface area contributed by atoms with E-state index < -0.39 is 19.5 Å². The van der Waals surface area contributed by atoms with E-state index in [0.717, 1.165) is 38.5 Å². The summed E-state index contributed by atoms with van der Waals surface area (Å²) in [5, 5.41) is 0. The lowest BCUT2D eigenvalue weighted by molar-refractivity contribution is -0.123. The van der Waals surface area contributed by atoms with Gasteiger partial charge in [-0.25, -0.2) is 9.59 Å². The smallest absolute Gasteiger partial charge is 0.410 e. The Labute approximate surface area is 224 Å². The van der Waals surface area contributed by atoms with E-state index >= 15 is 0 Å². The van der Waals surface area contributed by atoms with E-state index in [0.29, 0.717) is 12.8 Å². The van der Waals surface area contributed by atoms with Gasteiger partial charge in [0.05, 0.1) is 5.60 Å². The Morgan fingerprint density at radius 2 is 1.11 bits per heavy atom. The highest BCUT2D eigenvalue weighted by molar-refractivity contribution is 6.69. The van der Waals surface area contributed by atoms with Gasteiger partial charge >= 0.3 is 12.2 Å². The van der Waals surface area contributed by atoms with Crippen LogP contribution in [-0.2, 0) is 18.7 Å². The number of ketones is 1. The predicted molar refractivity (Wildman–Crippen MR) is 146 cm³/mol. The number of nitrogens with zero attached hydrogens (tertiary/aromatic N) is 2. The Kier molecular flexibility index (Phi) is 8.50. The fraction of sp³-hybridized carbons (Fsp3) is 0.893. The van der Waals surface area contributed by atoms with Crippen LogP contribution in [0.5, 0.6) is 0 Å². The van der Waals surface area contributed by atoms with E-state index in [1.165, 1.54) is 0 Å². The topological polar surface area (TPSA) is 85.4 Å². The Morgan fingerprint density at radius 3 is 1.46 bits per heavy atom. The first-order valence-corrected chi connectivity index (χ1v) is 17.4. The van der Waals surface area contributed by atoms with Crippen LogP contribution in [0.1, 0.15) is 99.8 Å². The van der Waals surface area contributed by atoms with E-state index in [1.54, 1.807) is 4.90 Å². The van der Waals surface area contributed by atoms with Crippen molar-refractivity contribution in [3.63, 3.8) is 0 Å². The number of piperidine rings is 2. The molecule has 4 aliphatic rings. The number of carbonyl (C=O) groups is 3. The standard InChI is InChI=1S/C16H31NO3Si.C12H19NO3/c1-15(2,3)19-14(18)17-12-8-9-13(17)11-16(4,10-12)20-21(5,6)7;1-12(2,3)16-11(15)13-8-4-5-9(13)7-10(14)6-8/h12-13H,8-11H2,1-7H3;8-9H,4-7H2,1-3H3. The number of hydrogen-bond acceptors (Lipinski definition) is 6. The van der Waals surface area contributed by atoms with E-state index in [2.05, 4.69) is 26.6 Å². The second-order valence-electron chi connectivity index (χ2n) is 14.6. The van der Waals surface area contributed by atoms with E-state index in [-0.39, 0.29) is 47.7 Å². The Morgan fingerprint density at radius 1 is 0.757 bits per heavy atom. The predicted octanol–water partition coefficient (Wildman–Crippen LogP) is 6.28. The quantitative estimate of drug-likeness (QED) is 0.385. The molecule has 8 nitrogen and oxygen atoms in total. The van der Waals surface area contributed by atoms with Crippen molar-refractivity contribution in [2.24, 2.45) is 0 Å². The van der Waals surface area contributed by atoms with Gasteiger partial charge in [0.15, 0.2) is 8.32 Å². The third kappa shape index (κ3) is 8.18. The Bertz CT molecular complexity index is 841. The molecule has 4 heterocycles. The van der Waals surface area contributed by atoms with Crippen molar-refractivity contribution in [1.82, 2.24) is 9.80 Å². The molecule has 37 heavy (non-hydrogen) atoms. The molecule has 4 rings (SSSR count). The van der Waals surface area contributed by atoms with Crippen LogP contribution in [0.3, 0.4) is 0 Å². The minimum absolute atomic E-state index is 0.0746. The van der Waals surface area contributed by atoms with Gasteiger partial charge in [0, 0.05) is 37.0 Å². The van der Waals surface area contributed by atoms with Gasteiger partial charge in [-0.05, 0) is 107 Å². The lowest BCUT2D eigenvalue weighted by atomic mass is 9.88. The maximum atomic E-state index is 12.4. The molecule has 4 bridgehead atoms. The van der Waals surface area contributed by atoms with Gasteiger partial charge in [0.25, 0.3) is 0 Å². The molecule has 4 unspecified atom stereocenters. The van der Waals surface area contributed by atoms with Crippen LogP contribution in [0.25, 0.3) is 0 Å². The van der Waals surface area contributed by atoms with E-state index in [4.69, 9.17) is 13.9 Å². The molecule has 4 fully saturated rings. The van der Waals surface area contributed by atoms with Gasteiger partial charge in [-0.1, -0.05) is 0 Å². The van der Waals surface area contributed by atoms with Crippen LogP contribution in [0.15, 0.2) is 0 Å². The minimum atomic E-state index is -1.57. The Balaban J connectivity index is 0.000000213. The van der Waals surface area contributed by atoms with Crippen molar-refractivity contribution in [2.75, 3.05) is 0 Å². The minimum Gasteiger partial charge on any atom is -0.444 e. The molecular formula is C28H50N2O6Si. The molecule has 0 radical (unpaired) electrons. The molecule has 0 N–H and O–H groups in total. The van der Waals surface area contributed by atoms with Gasteiger partial charge in [0.2, 0.25) is 0 Å². The van der Waals surface area contributed by atoms with Crippen LogP contribution in [-0.4, -0.2) is 77.1 Å². The van der Waals surface area contributed by atoms with Crippen LogP contribution < -0.4 is 0 Å². The lowest BCUT2D eigenvalue weighted by Crippen LogP contribution is -2.56. The van der Waals surface area contributed by atoms with E-state index in [1.807, 2.05) is 46.4 Å². The van der Waals surface area contributed by atoms with Crippen molar-refractivity contribution in [3.8, 4) is 0 Å². The molecule has 0 aromatic heterocycles. The molecule has 9 heteroatoms. The first-order valence-electron chi connectivity index (χ1n) is 14.0. The third-order valence-electron chi connectivity index (χ3n) is 7.26. The summed E-state index contributed by atoms with van der Waals surface area (Å²) in [6.45, 7) is 20.3. The molecule has 4 saturated heterocycles. The van der Waals surface area contributed by atoms with Crippen LogP contribution in [0.2, 0.25) is 19.6 Å². The molecule has 0 aromatic rings. The maximum Gasteiger partial charge on any atom is 0.410 e. The molecule has 4 aliphatic heterocycles. The molecule has 0 aliphatic carbocycles. The van der Waals surface area contributed by atoms with Gasteiger partial charge in [0.1, 0.15) is 17.0 Å². The molecule has 212 valence electrons. The SMILES string of the molecule is CC(C)(C)OC(=O)N1C2CCC1CC(=O)C2.CC(C)(C)OC(=O)N1C2CCC1CC(C)(O[Si](C)(C)C)C2. The average molecular weight is 539 g/mol. The Hall–Kier alpha value is -1.61. The summed E-state index contributed by atoms with van der Waals surface area (Å²) in [6, 6.07) is 0.724. The summed E-state index contributed by atoms with van der Waals surface area (Å²) in [5.74, 6) is 0.285. The van der Waals surface area contributed by atoms with Gasteiger partial charge in [-0.2, -0.15) is 0 Å². The summed E-state index contributed by atoms with van der Waals surface area (Å²) in [5.41, 5.74) is -0.959. The zero-order chi connectivity index (χ0) is 28.0. The maximum absolute atomic E-state index is 12.4. The normalized spacial score (nSPS) is 31.6. The summed E-state index contributed by atoms with van der Waals surface area (Å²) < 4.78 is 17.4. The highest BCUT2D eigenvalue weighted by Gasteiger charge is 2.50. The zero-order valence-electron chi connectivity index (χ0n) is 24.8. The highest BCUT2D eigenvalue weighted by Crippen LogP contribution is 2.44. The average Bonchev–Trinajstić information content (AvgIpc) is 3.10. The summed E-state index contributed by atoms with van der Waals surface area (Å²) >= 11 is 0. The highest BCUT2D eigenvalue weighted by atomic mass is 28.4. The number of carbonyl (C=O) groups excluding carboxylic acids is 3. The van der Waals surface area contributed by atoms with Crippen molar-refractivity contribution in [3.05, 3.63) is 0 Å². The number of Topliss-reactive ketones (excluding diaryl/α,β-unsaturated/α-hetero) is 1. The van der Waals surface area contributed by atoms with Gasteiger partial charge < -0.3 is 23.7 Å². The van der Waals surface area contributed by atoms with Crippen molar-refractivity contribution in [2.45, 2.75) is 160 Å². The number of amides is 2. The second-order valence-corrected chi connectivity index (χ2v) is 19.0. The van der Waals surface area contributed by atoms with E-state index in [9.17, 15) is 14.4 Å². The number of hydrogen-bond donors (Lipinski definition) is 0. The summed E-state index contributed by atoms with van der Waals surface area (Å²) in [6.07, 6.45) is 6.53. The van der Waals surface area contributed by atoms with Crippen LogP contribution in [0.4, 0.5) is 9.59 Å². The monoisotopic (exact) mass is 538 g/mol. The van der Waals surface area contributed by atoms with Crippen LogP contribution >= 0.6 is 0 Å². The molecule has 2 amide bonds. The molecule has 0 spiro atoms. The van der Waals surface area contributed by atoms with Crippen molar-refractivity contribution in [1.29, 1.82) is 0 Å². The van der Waals surface area contributed by atoms with Crippen LogP contribution in [0, 0.1) is 0 Å². The van der Waals surface area contributed by atoms with Gasteiger partial charge in [-0.15, -0.1) is 0 Å². The number of ether oxygens (including phenoxy) is 2. The summed E-state index contributed by atoms with van der Waals surface area (Å²) in [4.78, 5) is 39.6. The fourth-order valence-corrected chi connectivity index (χ4v) is 8.11. The van der Waals surface area contributed by atoms with Gasteiger partial charge in [-0.3, -0.25) is 4.79 Å². The largest absolute Gasteiger partial charge is 0.444 e. The summed E-state index contributed by atoms with van der Waals surface area (Å²) in [7, 11) is -1.57. The second kappa shape index (κ2) is 10.5. The number of fused-ring (bicyclic) bond motifs is 4. The van der Waals surface area contributed by atoms with Crippen molar-refractivity contribution < 1.29 is 28.3 Å². The van der Waals surface area contributed by atoms with Crippen molar-refractivity contribution >= 4 is 26.3 Å². The first kappa shape index (κ1) is 29.9.